The van der Waals surface area contributed by atoms with Gasteiger partial charge in [0.05, 0.1) is 0 Å². The molecular formula is C16H41FN2Si3. The minimum Gasteiger partial charge on any atom is -0.321 e. The second-order valence-electron chi connectivity index (χ2n) is 10.9. The van der Waals surface area contributed by atoms with Gasteiger partial charge in [0.1, 0.15) is 16.5 Å². The molecule has 2 nitrogen and oxygen atoms in total. The summed E-state index contributed by atoms with van der Waals surface area (Å²) >= 11 is 0. The zero-order valence-electron chi connectivity index (χ0n) is 17.4. The third-order valence-corrected chi connectivity index (χ3v) is 23.1. The molecule has 0 bridgehead atoms. The van der Waals surface area contributed by atoms with Gasteiger partial charge in [-0.25, -0.2) is 0 Å². The molecule has 0 saturated heterocycles. The predicted molar refractivity (Wildman–Crippen MR) is 107 cm³/mol. The van der Waals surface area contributed by atoms with Gasteiger partial charge in [-0.15, -0.1) is 0 Å². The van der Waals surface area contributed by atoms with E-state index in [9.17, 15) is 0 Å². The van der Waals surface area contributed by atoms with Crippen LogP contribution in [-0.4, -0.2) is 25.2 Å². The Kier molecular flexibility index (Phi) is 6.23. The summed E-state index contributed by atoms with van der Waals surface area (Å²) in [6, 6.07) is 0. The van der Waals surface area contributed by atoms with E-state index in [4.69, 9.17) is 0 Å². The van der Waals surface area contributed by atoms with Crippen LogP contribution in [0.1, 0.15) is 62.3 Å². The summed E-state index contributed by atoms with van der Waals surface area (Å²) in [7, 11) is -7.14. The summed E-state index contributed by atoms with van der Waals surface area (Å²) in [6.45, 7) is 28.5. The van der Waals surface area contributed by atoms with Crippen LogP contribution < -0.4 is 9.30 Å². The third kappa shape index (κ3) is 5.00. The summed E-state index contributed by atoms with van der Waals surface area (Å²) in [5.41, 5.74) is 0. The first-order valence-electron chi connectivity index (χ1n) is 8.44. The number of hydrogen-bond donors (Lipinski definition) is 2. The zero-order valence-corrected chi connectivity index (χ0v) is 20.4. The summed E-state index contributed by atoms with van der Waals surface area (Å²) in [5, 5.41) is -0.132. The lowest BCUT2D eigenvalue weighted by Gasteiger charge is -2.50. The number of halogens is 1. The second kappa shape index (κ2) is 6.10. The first-order chi connectivity index (χ1) is 9.16. The fourth-order valence-electron chi connectivity index (χ4n) is 1.64. The molecule has 134 valence electrons. The average molecular weight is 365 g/mol. The van der Waals surface area contributed by atoms with Gasteiger partial charge in [-0.2, -0.15) is 0 Å². The minimum absolute atomic E-state index is 0.123. The summed E-state index contributed by atoms with van der Waals surface area (Å²) in [4.78, 5) is 0. The highest BCUT2D eigenvalue weighted by molar-refractivity contribution is 6.97. The molecule has 6 heteroatoms. The van der Waals surface area contributed by atoms with E-state index in [0.717, 1.165) is 0 Å². The SMILES string of the molecule is CC(C)(C)[Si](C)(C)N[Si](F)(N[Si](C)(C)C(C)(C)C)C(C)(C)C. The van der Waals surface area contributed by atoms with Crippen LogP contribution in [0.15, 0.2) is 0 Å². The van der Waals surface area contributed by atoms with Crippen LogP contribution in [0.4, 0.5) is 4.11 Å². The van der Waals surface area contributed by atoms with Gasteiger partial charge >= 0.3 is 8.73 Å². The van der Waals surface area contributed by atoms with Crippen LogP contribution in [-0.2, 0) is 0 Å². The predicted octanol–water partition coefficient (Wildman–Crippen LogP) is 5.88. The molecule has 0 fully saturated rings. The molecule has 0 aliphatic heterocycles. The normalized spacial score (nSPS) is 16.1. The Labute approximate surface area is 142 Å². The van der Waals surface area contributed by atoms with Crippen molar-refractivity contribution in [2.45, 2.75) is 104 Å². The summed E-state index contributed by atoms with van der Waals surface area (Å²) in [5.74, 6) is 0. The Morgan fingerprint density at radius 1 is 0.545 bits per heavy atom. The van der Waals surface area contributed by atoms with Crippen molar-refractivity contribution in [3.63, 3.8) is 0 Å². The molecule has 22 heavy (non-hydrogen) atoms. The van der Waals surface area contributed by atoms with E-state index in [1.807, 2.05) is 20.8 Å². The lowest BCUT2D eigenvalue weighted by Crippen LogP contribution is -2.78. The molecule has 0 spiro atoms. The maximum Gasteiger partial charge on any atom is 0.388 e. The van der Waals surface area contributed by atoms with E-state index >= 15 is 4.11 Å². The van der Waals surface area contributed by atoms with Gasteiger partial charge in [0.25, 0.3) is 0 Å². The maximum absolute atomic E-state index is 16.3. The molecule has 0 atom stereocenters. The molecule has 0 aliphatic carbocycles. The van der Waals surface area contributed by atoms with Crippen LogP contribution in [0, 0.1) is 0 Å². The van der Waals surface area contributed by atoms with Crippen molar-refractivity contribution in [1.29, 1.82) is 0 Å². The molecule has 0 heterocycles. The maximum atomic E-state index is 16.3. The first kappa shape index (κ1) is 22.5. The van der Waals surface area contributed by atoms with Crippen LogP contribution in [0.2, 0.25) is 41.3 Å². The topological polar surface area (TPSA) is 24.1 Å². The van der Waals surface area contributed by atoms with Gasteiger partial charge in [0.15, 0.2) is 0 Å². The first-order valence-corrected chi connectivity index (χ1v) is 16.3. The lowest BCUT2D eigenvalue weighted by atomic mass is 10.2. The van der Waals surface area contributed by atoms with Crippen LogP contribution in [0.5, 0.6) is 0 Å². The van der Waals surface area contributed by atoms with Gasteiger partial charge in [-0.05, 0) is 10.1 Å². The van der Waals surface area contributed by atoms with E-state index in [0.29, 0.717) is 0 Å². The third-order valence-electron chi connectivity index (χ3n) is 5.75. The molecular weight excluding hydrogens is 323 g/mol. The van der Waals surface area contributed by atoms with Crippen molar-refractivity contribution in [1.82, 2.24) is 9.30 Å². The number of hydrogen-bond acceptors (Lipinski definition) is 2. The zero-order chi connectivity index (χ0) is 18.4. The van der Waals surface area contributed by atoms with Crippen molar-refractivity contribution in [3.05, 3.63) is 0 Å². The molecule has 0 unspecified atom stereocenters. The standard InChI is InChI=1S/C16H41FN2Si3/c1-14(2,3)20(10,11)18-22(17,16(7,8)9)19-21(12,13)15(4,5)6/h18-19H,1-13H3. The Morgan fingerprint density at radius 3 is 0.909 bits per heavy atom. The largest absolute Gasteiger partial charge is 0.388 e. The highest BCUT2D eigenvalue weighted by Gasteiger charge is 2.56. The van der Waals surface area contributed by atoms with E-state index in [1.54, 1.807) is 0 Å². The number of rotatable bonds is 4. The quantitative estimate of drug-likeness (QED) is 0.480. The molecule has 0 rings (SSSR count). The molecule has 0 aromatic carbocycles. The molecule has 0 radical (unpaired) electrons. The summed E-state index contributed by atoms with van der Waals surface area (Å²) < 4.78 is 23.6. The van der Waals surface area contributed by atoms with Gasteiger partial charge < -0.3 is 9.30 Å². The van der Waals surface area contributed by atoms with Crippen LogP contribution >= 0.6 is 0 Å². The second-order valence-corrected chi connectivity index (χ2v) is 25.2. The van der Waals surface area contributed by atoms with E-state index < -0.39 is 25.2 Å². The van der Waals surface area contributed by atoms with E-state index in [-0.39, 0.29) is 15.1 Å². The van der Waals surface area contributed by atoms with E-state index in [1.165, 1.54) is 0 Å². The minimum atomic E-state index is -3.32. The summed E-state index contributed by atoms with van der Waals surface area (Å²) in [6.07, 6.45) is 0. The van der Waals surface area contributed by atoms with Crippen molar-refractivity contribution in [2.24, 2.45) is 0 Å². The fourth-order valence-corrected chi connectivity index (χ4v) is 15.3. The monoisotopic (exact) mass is 364 g/mol. The van der Waals surface area contributed by atoms with Crippen molar-refractivity contribution >= 4 is 25.2 Å². The molecule has 0 amide bonds. The van der Waals surface area contributed by atoms with Crippen LogP contribution in [0.25, 0.3) is 0 Å². The average Bonchev–Trinajstić information content (AvgIpc) is 2.08. The molecule has 2 N–H and O–H groups in total. The highest BCUT2D eigenvalue weighted by Crippen LogP contribution is 2.43. The molecule has 0 aromatic rings. The molecule has 0 saturated carbocycles. The van der Waals surface area contributed by atoms with Crippen molar-refractivity contribution in [3.8, 4) is 0 Å². The smallest absolute Gasteiger partial charge is 0.321 e. The van der Waals surface area contributed by atoms with Gasteiger partial charge in [-0.3, -0.25) is 4.11 Å². The molecule has 0 aliphatic rings. The Morgan fingerprint density at radius 2 is 0.773 bits per heavy atom. The number of nitrogens with one attached hydrogen (secondary N) is 2. The Bertz CT molecular complexity index is 360. The fraction of sp³-hybridized carbons (Fsp3) is 1.00. The van der Waals surface area contributed by atoms with Gasteiger partial charge in [0, 0.05) is 5.04 Å². The van der Waals surface area contributed by atoms with Gasteiger partial charge in [0.2, 0.25) is 0 Å². The Hall–Kier alpha value is 0.501. The Balaban J connectivity index is 5.76. The van der Waals surface area contributed by atoms with Gasteiger partial charge in [-0.1, -0.05) is 88.5 Å². The highest BCUT2D eigenvalue weighted by atomic mass is 28.5. The van der Waals surface area contributed by atoms with Crippen molar-refractivity contribution < 1.29 is 4.11 Å². The lowest BCUT2D eigenvalue weighted by molar-refractivity contribution is 0.564. The molecule has 0 aromatic heterocycles. The van der Waals surface area contributed by atoms with E-state index in [2.05, 4.69) is 77.0 Å². The van der Waals surface area contributed by atoms with Crippen molar-refractivity contribution in [2.75, 3.05) is 0 Å². The van der Waals surface area contributed by atoms with Crippen LogP contribution in [0.3, 0.4) is 0 Å².